The van der Waals surface area contributed by atoms with Gasteiger partial charge in [0.15, 0.2) is 0 Å². The predicted molar refractivity (Wildman–Crippen MR) is 88.5 cm³/mol. The Kier molecular flexibility index (Phi) is 4.22. The van der Waals surface area contributed by atoms with Crippen LogP contribution < -0.4 is 5.32 Å². The standard InChI is InChI=1S/C15H10BrClN4O/c16-10-7-13(14(17)18-9-10)15(22)20-11-3-1-4-12(8-11)21-6-2-5-19-21/h1-9H,(H,20,22). The summed E-state index contributed by atoms with van der Waals surface area (Å²) in [5, 5.41) is 7.12. The van der Waals surface area contributed by atoms with E-state index in [-0.39, 0.29) is 11.1 Å². The minimum Gasteiger partial charge on any atom is -0.322 e. The molecular formula is C15H10BrClN4O. The third-order valence-corrected chi connectivity index (χ3v) is 3.66. The minimum atomic E-state index is -0.323. The van der Waals surface area contributed by atoms with E-state index >= 15 is 0 Å². The van der Waals surface area contributed by atoms with Gasteiger partial charge in [0, 0.05) is 28.8 Å². The van der Waals surface area contributed by atoms with Crippen LogP contribution in [0.4, 0.5) is 5.69 Å². The van der Waals surface area contributed by atoms with Gasteiger partial charge < -0.3 is 5.32 Å². The zero-order valence-corrected chi connectivity index (χ0v) is 13.5. The van der Waals surface area contributed by atoms with E-state index in [9.17, 15) is 4.79 Å². The van der Waals surface area contributed by atoms with Gasteiger partial charge in [0.1, 0.15) is 5.15 Å². The van der Waals surface area contributed by atoms with Gasteiger partial charge in [0.2, 0.25) is 0 Å². The van der Waals surface area contributed by atoms with Crippen LogP contribution in [0.5, 0.6) is 0 Å². The summed E-state index contributed by atoms with van der Waals surface area (Å²) < 4.78 is 2.40. The molecule has 0 saturated heterocycles. The molecule has 1 aromatic carbocycles. The van der Waals surface area contributed by atoms with Crippen molar-refractivity contribution in [3.63, 3.8) is 0 Å². The van der Waals surface area contributed by atoms with Gasteiger partial charge >= 0.3 is 0 Å². The van der Waals surface area contributed by atoms with Crippen LogP contribution in [0.25, 0.3) is 5.69 Å². The van der Waals surface area contributed by atoms with Gasteiger partial charge in [0.05, 0.1) is 11.3 Å². The van der Waals surface area contributed by atoms with Crippen molar-refractivity contribution in [1.82, 2.24) is 14.8 Å². The maximum Gasteiger partial charge on any atom is 0.258 e. The Morgan fingerprint density at radius 3 is 2.91 bits per heavy atom. The Labute approximate surface area is 140 Å². The van der Waals surface area contributed by atoms with Crippen LogP contribution >= 0.6 is 27.5 Å². The molecule has 1 amide bonds. The molecule has 0 aliphatic heterocycles. The second-order valence-corrected chi connectivity index (χ2v) is 5.72. The Hall–Kier alpha value is -2.18. The Balaban J connectivity index is 1.85. The molecule has 2 aromatic heterocycles. The SMILES string of the molecule is O=C(Nc1cccc(-n2cccn2)c1)c1cc(Br)cnc1Cl. The number of carbonyl (C=O) groups is 1. The smallest absolute Gasteiger partial charge is 0.258 e. The van der Waals surface area contributed by atoms with Crippen molar-refractivity contribution in [1.29, 1.82) is 0 Å². The molecular weight excluding hydrogens is 368 g/mol. The van der Waals surface area contributed by atoms with Crippen molar-refractivity contribution < 1.29 is 4.79 Å². The summed E-state index contributed by atoms with van der Waals surface area (Å²) in [6.07, 6.45) is 5.06. The van der Waals surface area contributed by atoms with Crippen LogP contribution in [0.3, 0.4) is 0 Å². The molecule has 0 saturated carbocycles. The Morgan fingerprint density at radius 1 is 1.27 bits per heavy atom. The third kappa shape index (κ3) is 3.18. The number of benzene rings is 1. The first-order chi connectivity index (χ1) is 10.6. The van der Waals surface area contributed by atoms with Crippen molar-refractivity contribution in [3.8, 4) is 5.69 Å². The molecule has 1 N–H and O–H groups in total. The van der Waals surface area contributed by atoms with E-state index in [4.69, 9.17) is 11.6 Å². The summed E-state index contributed by atoms with van der Waals surface area (Å²) >= 11 is 9.24. The maximum absolute atomic E-state index is 12.3. The van der Waals surface area contributed by atoms with E-state index in [0.29, 0.717) is 15.7 Å². The van der Waals surface area contributed by atoms with E-state index in [1.54, 1.807) is 23.0 Å². The minimum absolute atomic E-state index is 0.156. The van der Waals surface area contributed by atoms with Gasteiger partial charge in [-0.3, -0.25) is 4.79 Å². The first-order valence-corrected chi connectivity index (χ1v) is 7.53. The van der Waals surface area contributed by atoms with Crippen molar-refractivity contribution in [2.45, 2.75) is 0 Å². The van der Waals surface area contributed by atoms with Crippen molar-refractivity contribution in [2.75, 3.05) is 5.32 Å². The number of hydrogen-bond acceptors (Lipinski definition) is 3. The molecule has 0 fully saturated rings. The zero-order valence-electron chi connectivity index (χ0n) is 11.2. The number of nitrogens with one attached hydrogen (secondary N) is 1. The first-order valence-electron chi connectivity index (χ1n) is 6.36. The first kappa shape index (κ1) is 14.7. The summed E-state index contributed by atoms with van der Waals surface area (Å²) in [6, 6.07) is 10.8. The molecule has 7 heteroatoms. The van der Waals surface area contributed by atoms with Crippen LogP contribution in [0.2, 0.25) is 5.15 Å². The van der Waals surface area contributed by atoms with Crippen LogP contribution in [0.1, 0.15) is 10.4 Å². The van der Waals surface area contributed by atoms with Crippen LogP contribution in [0, 0.1) is 0 Å². The van der Waals surface area contributed by atoms with E-state index in [1.165, 1.54) is 6.20 Å². The molecule has 0 unspecified atom stereocenters. The molecule has 2 heterocycles. The van der Waals surface area contributed by atoms with E-state index < -0.39 is 0 Å². The molecule has 3 aromatic rings. The number of carbonyl (C=O) groups excluding carboxylic acids is 1. The number of hydrogen-bond donors (Lipinski definition) is 1. The molecule has 0 radical (unpaired) electrons. The van der Waals surface area contributed by atoms with E-state index in [1.807, 2.05) is 30.5 Å². The van der Waals surface area contributed by atoms with Crippen molar-refractivity contribution in [3.05, 3.63) is 70.2 Å². The fourth-order valence-corrected chi connectivity index (χ4v) is 2.45. The average Bonchev–Trinajstić information content (AvgIpc) is 3.04. The largest absolute Gasteiger partial charge is 0.322 e. The molecule has 0 atom stereocenters. The molecule has 3 rings (SSSR count). The molecule has 110 valence electrons. The fourth-order valence-electron chi connectivity index (χ4n) is 1.93. The number of anilines is 1. The molecule has 0 bridgehead atoms. The number of pyridine rings is 1. The van der Waals surface area contributed by atoms with E-state index in [2.05, 4.69) is 31.3 Å². The zero-order chi connectivity index (χ0) is 15.5. The van der Waals surface area contributed by atoms with Crippen LogP contribution in [-0.2, 0) is 0 Å². The van der Waals surface area contributed by atoms with Gasteiger partial charge in [-0.05, 0) is 46.3 Å². The number of nitrogens with zero attached hydrogens (tertiary/aromatic N) is 3. The second kappa shape index (κ2) is 6.29. The Bertz CT molecular complexity index is 820. The summed E-state index contributed by atoms with van der Waals surface area (Å²) in [6.45, 7) is 0. The van der Waals surface area contributed by atoms with Crippen LogP contribution in [-0.4, -0.2) is 20.7 Å². The van der Waals surface area contributed by atoms with Gasteiger partial charge in [-0.25, -0.2) is 9.67 Å². The highest BCUT2D eigenvalue weighted by atomic mass is 79.9. The van der Waals surface area contributed by atoms with Gasteiger partial charge in [0.25, 0.3) is 5.91 Å². The number of amides is 1. The summed E-state index contributed by atoms with van der Waals surface area (Å²) in [7, 11) is 0. The summed E-state index contributed by atoms with van der Waals surface area (Å²) in [5.74, 6) is -0.323. The highest BCUT2D eigenvalue weighted by Crippen LogP contribution is 2.20. The average molecular weight is 378 g/mol. The van der Waals surface area contributed by atoms with Gasteiger partial charge in [-0.1, -0.05) is 17.7 Å². The lowest BCUT2D eigenvalue weighted by atomic mass is 10.2. The highest BCUT2D eigenvalue weighted by molar-refractivity contribution is 9.10. The summed E-state index contributed by atoms with van der Waals surface area (Å²) in [4.78, 5) is 16.2. The number of rotatable bonds is 3. The number of halogens is 2. The normalized spacial score (nSPS) is 10.5. The lowest BCUT2D eigenvalue weighted by Gasteiger charge is -2.08. The monoisotopic (exact) mass is 376 g/mol. The predicted octanol–water partition coefficient (Wildman–Crippen LogP) is 3.94. The van der Waals surface area contributed by atoms with Crippen LogP contribution in [0.15, 0.2) is 59.5 Å². The molecule has 5 nitrogen and oxygen atoms in total. The maximum atomic E-state index is 12.3. The molecule has 0 aliphatic rings. The molecule has 0 spiro atoms. The second-order valence-electron chi connectivity index (χ2n) is 4.45. The third-order valence-electron chi connectivity index (χ3n) is 2.92. The lowest BCUT2D eigenvalue weighted by Crippen LogP contribution is -2.13. The Morgan fingerprint density at radius 2 is 2.14 bits per heavy atom. The molecule has 0 aliphatic carbocycles. The van der Waals surface area contributed by atoms with E-state index in [0.717, 1.165) is 5.69 Å². The molecule has 22 heavy (non-hydrogen) atoms. The highest BCUT2D eigenvalue weighted by Gasteiger charge is 2.12. The fraction of sp³-hybridized carbons (Fsp3) is 0. The lowest BCUT2D eigenvalue weighted by molar-refractivity contribution is 0.102. The quantitative estimate of drug-likeness (QED) is 0.703. The van der Waals surface area contributed by atoms with Gasteiger partial charge in [-0.15, -0.1) is 0 Å². The summed E-state index contributed by atoms with van der Waals surface area (Å²) in [5.41, 5.74) is 1.80. The van der Waals surface area contributed by atoms with Gasteiger partial charge in [-0.2, -0.15) is 5.10 Å². The van der Waals surface area contributed by atoms with Crippen molar-refractivity contribution >= 4 is 39.1 Å². The number of aromatic nitrogens is 3. The van der Waals surface area contributed by atoms with Crippen molar-refractivity contribution in [2.24, 2.45) is 0 Å². The topological polar surface area (TPSA) is 59.8 Å².